The van der Waals surface area contributed by atoms with Gasteiger partial charge in [-0.3, -0.25) is 4.79 Å². The summed E-state index contributed by atoms with van der Waals surface area (Å²) in [7, 11) is 0. The van der Waals surface area contributed by atoms with E-state index in [2.05, 4.69) is 0 Å². The van der Waals surface area contributed by atoms with Crippen molar-refractivity contribution in [3.63, 3.8) is 0 Å². The molecule has 8 atom stereocenters. The van der Waals surface area contributed by atoms with Crippen molar-refractivity contribution in [2.45, 2.75) is 55.4 Å². The molecule has 2 aromatic carbocycles. The summed E-state index contributed by atoms with van der Waals surface area (Å²) in [6.45, 7) is -1.17. The molecule has 3 aromatic rings. The molecule has 0 saturated carbocycles. The van der Waals surface area contributed by atoms with Crippen LogP contribution in [0.15, 0.2) is 39.5 Å². The number of aliphatic hydroxyl groups excluding tert-OH is 5. The average molecular weight is 595 g/mol. The first-order valence-corrected chi connectivity index (χ1v) is 12.9. The van der Waals surface area contributed by atoms with E-state index in [0.29, 0.717) is 0 Å². The number of phenols is 4. The van der Waals surface area contributed by atoms with Crippen LogP contribution < -0.4 is 10.2 Å². The van der Waals surface area contributed by atoms with Crippen molar-refractivity contribution >= 4 is 11.0 Å². The zero-order valence-electron chi connectivity index (χ0n) is 21.8. The molecule has 1 aromatic heterocycles. The molecular formula is C27H30O15. The Kier molecular flexibility index (Phi) is 8.45. The van der Waals surface area contributed by atoms with Crippen LogP contribution in [0.4, 0.5) is 0 Å². The monoisotopic (exact) mass is 594 g/mol. The molecule has 0 unspecified atom stereocenters. The number of hydrogen-bond donors (Lipinski definition) is 9. The predicted octanol–water partition coefficient (Wildman–Crippen LogP) is -1.00. The molecule has 2 aliphatic rings. The molecule has 228 valence electrons. The van der Waals surface area contributed by atoms with E-state index >= 15 is 0 Å². The van der Waals surface area contributed by atoms with Gasteiger partial charge in [-0.15, -0.1) is 0 Å². The van der Waals surface area contributed by atoms with Gasteiger partial charge in [-0.05, 0) is 18.2 Å². The standard InChI is InChI=1S/C27H30O15/c28-7-11-4-15(32)26(39-9-20-24(36)22(34)16(33)8-38-20)27(40-11)42-19-6-18-21(25(37)23(19)35)14(31)5-17(41-18)10-1-2-12(29)13(30)3-10/h1-3,5-6,11,15-16,20,22,24,26-30,32-37H,4,7-9H2/t11-,15-,16+,20-,22-,24-,26+,27-/m0/s1. The molecule has 3 heterocycles. The van der Waals surface area contributed by atoms with E-state index in [1.807, 2.05) is 0 Å². The Labute approximate surface area is 236 Å². The van der Waals surface area contributed by atoms with Gasteiger partial charge in [0.25, 0.3) is 0 Å². The molecule has 0 spiro atoms. The number of fused-ring (bicyclic) bond motifs is 1. The summed E-state index contributed by atoms with van der Waals surface area (Å²) >= 11 is 0. The van der Waals surface area contributed by atoms with Crippen molar-refractivity contribution < 1.29 is 69.3 Å². The van der Waals surface area contributed by atoms with E-state index in [4.69, 9.17) is 23.4 Å². The lowest BCUT2D eigenvalue weighted by Gasteiger charge is -2.40. The molecule has 15 heteroatoms. The maximum absolute atomic E-state index is 12.8. The van der Waals surface area contributed by atoms with Crippen LogP contribution in [-0.2, 0) is 14.2 Å². The van der Waals surface area contributed by atoms with Crippen LogP contribution in [0.1, 0.15) is 6.42 Å². The molecule has 2 aliphatic heterocycles. The first-order chi connectivity index (χ1) is 20.0. The Morgan fingerprint density at radius 2 is 1.67 bits per heavy atom. The van der Waals surface area contributed by atoms with Gasteiger partial charge in [-0.2, -0.15) is 0 Å². The van der Waals surface area contributed by atoms with Crippen LogP contribution in [0.5, 0.6) is 28.7 Å². The molecule has 0 aliphatic carbocycles. The summed E-state index contributed by atoms with van der Waals surface area (Å²) in [5.74, 6) is -3.12. The van der Waals surface area contributed by atoms with Gasteiger partial charge in [0.15, 0.2) is 28.4 Å². The van der Waals surface area contributed by atoms with E-state index in [0.717, 1.165) is 18.2 Å². The Balaban J connectivity index is 1.45. The second-order valence-electron chi connectivity index (χ2n) is 10.1. The molecule has 2 saturated heterocycles. The minimum absolute atomic E-state index is 0.0527. The lowest BCUT2D eigenvalue weighted by Crippen LogP contribution is -2.57. The first kappa shape index (κ1) is 29.8. The fourth-order valence-corrected chi connectivity index (χ4v) is 4.83. The zero-order valence-corrected chi connectivity index (χ0v) is 21.8. The summed E-state index contributed by atoms with van der Waals surface area (Å²) in [4.78, 5) is 12.8. The van der Waals surface area contributed by atoms with Crippen molar-refractivity contribution in [2.24, 2.45) is 0 Å². The van der Waals surface area contributed by atoms with Gasteiger partial charge < -0.3 is 69.3 Å². The molecule has 15 nitrogen and oxygen atoms in total. The average Bonchev–Trinajstić information content (AvgIpc) is 2.95. The van der Waals surface area contributed by atoms with Crippen LogP contribution >= 0.6 is 0 Å². The van der Waals surface area contributed by atoms with Gasteiger partial charge in [-0.1, -0.05) is 0 Å². The van der Waals surface area contributed by atoms with E-state index < -0.39 is 89.8 Å². The highest BCUT2D eigenvalue weighted by molar-refractivity contribution is 5.89. The number of aliphatic hydroxyl groups is 5. The first-order valence-electron chi connectivity index (χ1n) is 12.9. The fraction of sp³-hybridized carbons (Fsp3) is 0.444. The number of rotatable bonds is 7. The minimum Gasteiger partial charge on any atom is -0.504 e. The maximum atomic E-state index is 12.8. The van der Waals surface area contributed by atoms with Crippen LogP contribution in [0.3, 0.4) is 0 Å². The second-order valence-corrected chi connectivity index (χ2v) is 10.1. The molecule has 9 N–H and O–H groups in total. The number of aromatic hydroxyl groups is 4. The smallest absolute Gasteiger partial charge is 0.229 e. The Bertz CT molecular complexity index is 1490. The van der Waals surface area contributed by atoms with Crippen molar-refractivity contribution in [3.05, 3.63) is 40.6 Å². The van der Waals surface area contributed by atoms with Crippen LogP contribution in [0, 0.1) is 0 Å². The summed E-state index contributed by atoms with van der Waals surface area (Å²) in [5.41, 5.74) is -0.779. The second kappa shape index (κ2) is 11.9. The topological polar surface area (TPSA) is 249 Å². The van der Waals surface area contributed by atoms with E-state index in [9.17, 15) is 50.8 Å². The third-order valence-corrected chi connectivity index (χ3v) is 7.18. The van der Waals surface area contributed by atoms with E-state index in [1.54, 1.807) is 0 Å². The van der Waals surface area contributed by atoms with E-state index in [1.165, 1.54) is 12.1 Å². The van der Waals surface area contributed by atoms with Crippen LogP contribution in [0.25, 0.3) is 22.3 Å². The molecule has 0 amide bonds. The summed E-state index contributed by atoms with van der Waals surface area (Å²) in [6.07, 6.45) is -10.5. The quantitative estimate of drug-likeness (QED) is 0.149. The van der Waals surface area contributed by atoms with Crippen molar-refractivity contribution in [1.29, 1.82) is 0 Å². The Hall–Kier alpha value is -3.67. The maximum Gasteiger partial charge on any atom is 0.229 e. The number of hydrogen-bond acceptors (Lipinski definition) is 15. The van der Waals surface area contributed by atoms with Crippen molar-refractivity contribution in [1.82, 2.24) is 0 Å². The zero-order chi connectivity index (χ0) is 30.3. The van der Waals surface area contributed by atoms with Crippen molar-refractivity contribution in [3.8, 4) is 40.1 Å². The third kappa shape index (κ3) is 5.68. The molecule has 5 rings (SSSR count). The summed E-state index contributed by atoms with van der Waals surface area (Å²) in [5, 5.41) is 90.5. The van der Waals surface area contributed by atoms with Gasteiger partial charge >= 0.3 is 0 Å². The number of ether oxygens (including phenoxy) is 4. The van der Waals surface area contributed by atoms with Crippen LogP contribution in [0.2, 0.25) is 0 Å². The number of benzene rings is 2. The normalized spacial score (nSPS) is 29.9. The lowest BCUT2D eigenvalue weighted by atomic mass is 10.00. The highest BCUT2D eigenvalue weighted by Gasteiger charge is 2.43. The van der Waals surface area contributed by atoms with Gasteiger partial charge in [0.1, 0.15) is 47.2 Å². The van der Waals surface area contributed by atoms with Crippen molar-refractivity contribution in [2.75, 3.05) is 19.8 Å². The molecule has 0 bridgehead atoms. The van der Waals surface area contributed by atoms with Gasteiger partial charge in [-0.25, -0.2) is 0 Å². The van der Waals surface area contributed by atoms with Crippen LogP contribution in [-0.4, -0.2) is 115 Å². The molecular weight excluding hydrogens is 564 g/mol. The fourth-order valence-electron chi connectivity index (χ4n) is 4.83. The minimum atomic E-state index is -1.52. The van der Waals surface area contributed by atoms with E-state index in [-0.39, 0.29) is 41.9 Å². The largest absolute Gasteiger partial charge is 0.504 e. The third-order valence-electron chi connectivity index (χ3n) is 7.18. The van der Waals surface area contributed by atoms with Gasteiger partial charge in [0.2, 0.25) is 12.0 Å². The Morgan fingerprint density at radius 1 is 0.905 bits per heavy atom. The highest BCUT2D eigenvalue weighted by Crippen LogP contribution is 2.43. The summed E-state index contributed by atoms with van der Waals surface area (Å²) in [6, 6.07) is 5.80. The SMILES string of the molecule is O=c1cc(-c2ccc(O)c(O)c2)oc2cc(O[C@@H]3O[C@H](CO)C[C@H](O)[C@H]3OC[C@@H]3OC[C@@H](O)[C@H](O)[C@H]3O)c(O)c(O)c12. The molecule has 0 radical (unpaired) electrons. The predicted molar refractivity (Wildman–Crippen MR) is 139 cm³/mol. The lowest BCUT2D eigenvalue weighted by molar-refractivity contribution is -0.268. The molecule has 2 fully saturated rings. The van der Waals surface area contributed by atoms with Gasteiger partial charge in [0.05, 0.1) is 32.0 Å². The number of phenolic OH excluding ortho intramolecular Hbond substituents is 4. The molecule has 42 heavy (non-hydrogen) atoms. The highest BCUT2D eigenvalue weighted by atomic mass is 16.7. The van der Waals surface area contributed by atoms with Gasteiger partial charge in [0, 0.05) is 24.1 Å². The summed E-state index contributed by atoms with van der Waals surface area (Å²) < 4.78 is 28.2. The Morgan fingerprint density at radius 3 is 2.38 bits per heavy atom.